The summed E-state index contributed by atoms with van der Waals surface area (Å²) in [6.45, 7) is 3.25. The van der Waals surface area contributed by atoms with Crippen LogP contribution in [-0.4, -0.2) is 48.2 Å². The van der Waals surface area contributed by atoms with Crippen molar-refractivity contribution in [2.24, 2.45) is 13.0 Å². The van der Waals surface area contributed by atoms with Gasteiger partial charge in [0.05, 0.1) is 12.7 Å². The van der Waals surface area contributed by atoms with E-state index in [0.717, 1.165) is 28.8 Å². The van der Waals surface area contributed by atoms with Gasteiger partial charge in [0, 0.05) is 36.7 Å². The lowest BCUT2D eigenvalue weighted by atomic mass is 9.83. The van der Waals surface area contributed by atoms with Crippen molar-refractivity contribution in [2.75, 3.05) is 26.7 Å². The molecule has 0 radical (unpaired) electrons. The number of fused-ring (bicyclic) bond motifs is 2. The molecule has 2 saturated heterocycles. The van der Waals surface area contributed by atoms with Crippen LogP contribution in [0.5, 0.6) is 5.75 Å². The third-order valence-corrected chi connectivity index (χ3v) is 6.19. The maximum absolute atomic E-state index is 12.9. The Hall–Kier alpha value is -2.01. The number of aromatic nitrogens is 1. The number of piperidine rings is 2. The number of hydrogen-bond acceptors (Lipinski definition) is 3. The SMILES string of the molecule is COc1ccc2c(c1)c(C(=O)NCC1CCCN3CCCCC13)cn2C. The Morgan fingerprint density at radius 2 is 2.08 bits per heavy atom. The Kier molecular flexibility index (Phi) is 4.90. The first-order valence-corrected chi connectivity index (χ1v) is 9.82. The predicted molar refractivity (Wildman–Crippen MR) is 104 cm³/mol. The minimum Gasteiger partial charge on any atom is -0.497 e. The van der Waals surface area contributed by atoms with Crippen LogP contribution >= 0.6 is 0 Å². The molecular formula is C21H29N3O2. The molecule has 5 heteroatoms. The normalized spacial score (nSPS) is 23.6. The highest BCUT2D eigenvalue weighted by atomic mass is 16.5. The number of aryl methyl sites for hydroxylation is 1. The lowest BCUT2D eigenvalue weighted by molar-refractivity contribution is 0.0576. The molecule has 140 valence electrons. The third kappa shape index (κ3) is 3.20. The van der Waals surface area contributed by atoms with Gasteiger partial charge >= 0.3 is 0 Å². The lowest BCUT2D eigenvalue weighted by Crippen LogP contribution is -2.51. The molecule has 1 amide bonds. The highest BCUT2D eigenvalue weighted by Gasteiger charge is 2.33. The van der Waals surface area contributed by atoms with Gasteiger partial charge in [0.15, 0.2) is 0 Å². The van der Waals surface area contributed by atoms with Crippen LogP contribution in [0, 0.1) is 5.92 Å². The number of benzene rings is 1. The van der Waals surface area contributed by atoms with E-state index in [2.05, 4.69) is 10.2 Å². The number of nitrogens with zero attached hydrogens (tertiary/aromatic N) is 2. The Balaban J connectivity index is 1.49. The van der Waals surface area contributed by atoms with Gasteiger partial charge in [0.2, 0.25) is 0 Å². The largest absolute Gasteiger partial charge is 0.497 e. The smallest absolute Gasteiger partial charge is 0.253 e. The summed E-state index contributed by atoms with van der Waals surface area (Å²) in [6.07, 6.45) is 8.34. The molecule has 2 atom stereocenters. The number of carbonyl (C=O) groups is 1. The Labute approximate surface area is 155 Å². The number of hydrogen-bond donors (Lipinski definition) is 1. The molecule has 0 saturated carbocycles. The van der Waals surface area contributed by atoms with Crippen molar-refractivity contribution in [1.82, 2.24) is 14.8 Å². The van der Waals surface area contributed by atoms with Crippen molar-refractivity contribution in [3.8, 4) is 5.75 Å². The van der Waals surface area contributed by atoms with Gasteiger partial charge in [0.25, 0.3) is 5.91 Å². The summed E-state index contributed by atoms with van der Waals surface area (Å²) in [5.74, 6) is 1.39. The van der Waals surface area contributed by atoms with Crippen LogP contribution in [0.25, 0.3) is 10.9 Å². The molecule has 2 aliphatic rings. The fraction of sp³-hybridized carbons (Fsp3) is 0.571. The van der Waals surface area contributed by atoms with Crippen molar-refractivity contribution in [3.63, 3.8) is 0 Å². The third-order valence-electron chi connectivity index (χ3n) is 6.19. The van der Waals surface area contributed by atoms with Crippen molar-refractivity contribution in [1.29, 1.82) is 0 Å². The molecule has 2 aliphatic heterocycles. The molecule has 3 heterocycles. The topological polar surface area (TPSA) is 46.5 Å². The van der Waals surface area contributed by atoms with Crippen LogP contribution in [-0.2, 0) is 7.05 Å². The molecule has 1 N–H and O–H groups in total. The number of carbonyl (C=O) groups excluding carboxylic acids is 1. The van der Waals surface area contributed by atoms with E-state index in [9.17, 15) is 4.79 Å². The molecule has 0 bridgehead atoms. The van der Waals surface area contributed by atoms with Crippen LogP contribution < -0.4 is 10.1 Å². The maximum atomic E-state index is 12.9. The molecular weight excluding hydrogens is 326 g/mol. The molecule has 4 rings (SSSR count). The number of nitrogens with one attached hydrogen (secondary N) is 1. The summed E-state index contributed by atoms with van der Waals surface area (Å²) in [6, 6.07) is 6.55. The van der Waals surface area contributed by atoms with Gasteiger partial charge < -0.3 is 19.5 Å². The average molecular weight is 355 g/mol. The van der Waals surface area contributed by atoms with Crippen molar-refractivity contribution >= 4 is 16.8 Å². The number of methoxy groups -OCH3 is 1. The minimum absolute atomic E-state index is 0.0248. The van der Waals surface area contributed by atoms with E-state index in [4.69, 9.17) is 4.74 Å². The fourth-order valence-corrected chi connectivity index (χ4v) is 4.81. The van der Waals surface area contributed by atoms with Gasteiger partial charge in [-0.3, -0.25) is 4.79 Å². The summed E-state index contributed by atoms with van der Waals surface area (Å²) in [4.78, 5) is 15.5. The maximum Gasteiger partial charge on any atom is 0.253 e. The van der Waals surface area contributed by atoms with Crippen LogP contribution in [0.3, 0.4) is 0 Å². The van der Waals surface area contributed by atoms with Gasteiger partial charge in [-0.15, -0.1) is 0 Å². The zero-order valence-corrected chi connectivity index (χ0v) is 15.8. The summed E-state index contributed by atoms with van der Waals surface area (Å²) in [7, 11) is 3.63. The second kappa shape index (κ2) is 7.31. The number of rotatable bonds is 4. The molecule has 0 spiro atoms. The van der Waals surface area contributed by atoms with Crippen LogP contribution in [0.2, 0.25) is 0 Å². The summed E-state index contributed by atoms with van der Waals surface area (Å²) in [5.41, 5.74) is 1.78. The molecule has 5 nitrogen and oxygen atoms in total. The van der Waals surface area contributed by atoms with Crippen molar-refractivity contribution in [3.05, 3.63) is 30.0 Å². The Bertz CT molecular complexity index is 796. The van der Waals surface area contributed by atoms with E-state index in [1.807, 2.05) is 36.0 Å². The Morgan fingerprint density at radius 1 is 1.23 bits per heavy atom. The summed E-state index contributed by atoms with van der Waals surface area (Å²) >= 11 is 0. The average Bonchev–Trinajstić information content (AvgIpc) is 3.02. The first-order valence-electron chi connectivity index (χ1n) is 9.82. The molecule has 1 aromatic carbocycles. The van der Waals surface area contributed by atoms with E-state index >= 15 is 0 Å². The monoisotopic (exact) mass is 355 g/mol. The van der Waals surface area contributed by atoms with E-state index in [1.54, 1.807) is 7.11 Å². The molecule has 2 unspecified atom stereocenters. The van der Waals surface area contributed by atoms with Gasteiger partial charge in [-0.25, -0.2) is 0 Å². The fourth-order valence-electron chi connectivity index (χ4n) is 4.81. The second-order valence-electron chi connectivity index (χ2n) is 7.75. The quantitative estimate of drug-likeness (QED) is 0.916. The zero-order chi connectivity index (χ0) is 18.1. The molecule has 2 aromatic rings. The minimum atomic E-state index is 0.0248. The van der Waals surface area contributed by atoms with E-state index in [1.165, 1.54) is 45.2 Å². The highest BCUT2D eigenvalue weighted by Crippen LogP contribution is 2.31. The van der Waals surface area contributed by atoms with E-state index < -0.39 is 0 Å². The van der Waals surface area contributed by atoms with Gasteiger partial charge in [0.1, 0.15) is 5.75 Å². The van der Waals surface area contributed by atoms with Gasteiger partial charge in [-0.1, -0.05) is 6.42 Å². The van der Waals surface area contributed by atoms with Crippen LogP contribution in [0.4, 0.5) is 0 Å². The molecule has 2 fully saturated rings. The second-order valence-corrected chi connectivity index (χ2v) is 7.75. The standard InChI is InChI=1S/C21H29N3O2/c1-23-14-18(17-12-16(26-2)8-9-20(17)23)21(25)22-13-15-6-5-11-24-10-4-3-7-19(15)24/h8-9,12,14-15,19H,3-7,10-11,13H2,1-2H3,(H,22,25). The zero-order valence-electron chi connectivity index (χ0n) is 15.8. The van der Waals surface area contributed by atoms with Crippen LogP contribution in [0.1, 0.15) is 42.5 Å². The first-order chi connectivity index (χ1) is 12.7. The predicted octanol–water partition coefficient (Wildman–Crippen LogP) is 3.18. The van der Waals surface area contributed by atoms with Crippen molar-refractivity contribution < 1.29 is 9.53 Å². The van der Waals surface area contributed by atoms with E-state index in [0.29, 0.717) is 12.0 Å². The summed E-state index contributed by atoms with van der Waals surface area (Å²) < 4.78 is 7.34. The highest BCUT2D eigenvalue weighted by molar-refractivity contribution is 6.07. The van der Waals surface area contributed by atoms with Crippen molar-refractivity contribution in [2.45, 2.75) is 38.1 Å². The van der Waals surface area contributed by atoms with Gasteiger partial charge in [-0.05, 0) is 62.9 Å². The Morgan fingerprint density at radius 3 is 2.92 bits per heavy atom. The first kappa shape index (κ1) is 17.4. The van der Waals surface area contributed by atoms with Crippen LogP contribution in [0.15, 0.2) is 24.4 Å². The number of amides is 1. The lowest BCUT2D eigenvalue weighted by Gasteiger charge is -2.44. The summed E-state index contributed by atoms with van der Waals surface area (Å²) in [5, 5.41) is 4.18. The molecule has 26 heavy (non-hydrogen) atoms. The number of ether oxygens (including phenoxy) is 1. The molecule has 0 aliphatic carbocycles. The molecule has 1 aromatic heterocycles. The van der Waals surface area contributed by atoms with E-state index in [-0.39, 0.29) is 5.91 Å². The van der Waals surface area contributed by atoms with Gasteiger partial charge in [-0.2, -0.15) is 0 Å².